The monoisotopic (exact) mass is 173 g/mol. The van der Waals surface area contributed by atoms with Crippen LogP contribution >= 0.6 is 0 Å². The molecule has 0 fully saturated rings. The highest BCUT2D eigenvalue weighted by atomic mass is 15.0. The summed E-state index contributed by atoms with van der Waals surface area (Å²) in [5.41, 5.74) is 1.70. The molecule has 2 aromatic heterocycles. The predicted molar refractivity (Wildman–Crippen MR) is 46.4 cm³/mol. The molecule has 0 bridgehead atoms. The van der Waals surface area contributed by atoms with Gasteiger partial charge in [-0.2, -0.15) is 0 Å². The van der Waals surface area contributed by atoms with E-state index in [4.69, 9.17) is 0 Å². The van der Waals surface area contributed by atoms with Crippen LogP contribution < -0.4 is 4.57 Å². The van der Waals surface area contributed by atoms with E-state index in [1.807, 2.05) is 29.9 Å². The van der Waals surface area contributed by atoms with Crippen LogP contribution in [0.25, 0.3) is 11.4 Å². The van der Waals surface area contributed by atoms with Gasteiger partial charge >= 0.3 is 0 Å². The van der Waals surface area contributed by atoms with Crippen molar-refractivity contribution in [2.24, 2.45) is 7.05 Å². The van der Waals surface area contributed by atoms with E-state index in [1.54, 1.807) is 12.5 Å². The van der Waals surface area contributed by atoms with E-state index in [1.165, 1.54) is 6.33 Å². The zero-order valence-electron chi connectivity index (χ0n) is 7.25. The van der Waals surface area contributed by atoms with Gasteiger partial charge < -0.3 is 0 Å². The normalized spacial score (nSPS) is 9.92. The van der Waals surface area contributed by atoms with Gasteiger partial charge in [-0.3, -0.25) is 0 Å². The van der Waals surface area contributed by atoms with Gasteiger partial charge in [0.1, 0.15) is 12.0 Å². The summed E-state index contributed by atoms with van der Waals surface area (Å²) in [6, 6.07) is 3.75. The third-order valence-corrected chi connectivity index (χ3v) is 1.69. The fourth-order valence-electron chi connectivity index (χ4n) is 1.02. The summed E-state index contributed by atoms with van der Waals surface area (Å²) in [7, 11) is 1.93. The summed E-state index contributed by atoms with van der Waals surface area (Å²) in [6.45, 7) is 0. The predicted octanol–water partition coefficient (Wildman–Crippen LogP) is 0.363. The SMILES string of the molecule is C[n+]1ccc(-c2ccncn2)nc1. The maximum Gasteiger partial charge on any atom is 0.286 e. The van der Waals surface area contributed by atoms with Gasteiger partial charge in [-0.05, 0) is 11.1 Å². The lowest BCUT2D eigenvalue weighted by atomic mass is 10.3. The largest absolute Gasteiger partial charge is 0.286 e. The van der Waals surface area contributed by atoms with Crippen molar-refractivity contribution in [3.63, 3.8) is 0 Å². The van der Waals surface area contributed by atoms with Gasteiger partial charge in [0.05, 0.1) is 13.2 Å². The van der Waals surface area contributed by atoms with Crippen molar-refractivity contribution in [1.29, 1.82) is 0 Å². The van der Waals surface area contributed by atoms with Gasteiger partial charge in [0, 0.05) is 12.3 Å². The van der Waals surface area contributed by atoms with Crippen LogP contribution in [0.3, 0.4) is 0 Å². The molecular formula is C9H9N4+. The molecule has 2 heterocycles. The number of aromatic nitrogens is 4. The molecule has 0 aliphatic heterocycles. The Morgan fingerprint density at radius 2 is 2.00 bits per heavy atom. The van der Waals surface area contributed by atoms with Crippen molar-refractivity contribution in [3.05, 3.63) is 37.2 Å². The molecular weight excluding hydrogens is 164 g/mol. The van der Waals surface area contributed by atoms with Crippen molar-refractivity contribution < 1.29 is 4.57 Å². The van der Waals surface area contributed by atoms with E-state index < -0.39 is 0 Å². The summed E-state index contributed by atoms with van der Waals surface area (Å²) in [5, 5.41) is 0. The Hall–Kier alpha value is -1.84. The molecule has 0 radical (unpaired) electrons. The second-order valence-electron chi connectivity index (χ2n) is 2.71. The minimum Gasteiger partial charge on any atom is -0.245 e. The Balaban J connectivity index is 2.42. The van der Waals surface area contributed by atoms with Gasteiger partial charge in [0.25, 0.3) is 6.33 Å². The zero-order valence-corrected chi connectivity index (χ0v) is 7.25. The Morgan fingerprint density at radius 3 is 2.62 bits per heavy atom. The van der Waals surface area contributed by atoms with Gasteiger partial charge in [-0.15, -0.1) is 0 Å². The lowest BCUT2D eigenvalue weighted by Crippen LogP contribution is -2.27. The smallest absolute Gasteiger partial charge is 0.245 e. The Kier molecular flexibility index (Phi) is 1.96. The van der Waals surface area contributed by atoms with Crippen LogP contribution in [0.2, 0.25) is 0 Å². The first-order chi connectivity index (χ1) is 6.36. The highest BCUT2D eigenvalue weighted by molar-refractivity contribution is 5.51. The topological polar surface area (TPSA) is 42.5 Å². The van der Waals surface area contributed by atoms with Crippen LogP contribution in [0.1, 0.15) is 0 Å². The second-order valence-corrected chi connectivity index (χ2v) is 2.71. The molecule has 0 atom stereocenters. The van der Waals surface area contributed by atoms with Gasteiger partial charge in [0.2, 0.25) is 5.69 Å². The van der Waals surface area contributed by atoms with Gasteiger partial charge in [-0.1, -0.05) is 0 Å². The molecule has 0 unspecified atom stereocenters. The molecule has 0 N–H and O–H groups in total. The molecule has 0 saturated heterocycles. The van der Waals surface area contributed by atoms with Crippen LogP contribution in [0.15, 0.2) is 37.2 Å². The van der Waals surface area contributed by atoms with Crippen LogP contribution in [-0.2, 0) is 7.05 Å². The number of aryl methyl sites for hydroxylation is 1. The van der Waals surface area contributed by atoms with Crippen molar-refractivity contribution in [3.8, 4) is 11.4 Å². The molecule has 0 aliphatic rings. The molecule has 64 valence electrons. The number of nitrogens with zero attached hydrogens (tertiary/aromatic N) is 4. The Morgan fingerprint density at radius 1 is 1.15 bits per heavy atom. The first kappa shape index (κ1) is 7.79. The lowest BCUT2D eigenvalue weighted by Gasteiger charge is -1.92. The first-order valence-corrected chi connectivity index (χ1v) is 3.94. The van der Waals surface area contributed by atoms with E-state index in [0.29, 0.717) is 0 Å². The second kappa shape index (κ2) is 3.26. The standard InChI is InChI=1S/C9H9N4/c1-13-5-3-9(12-7-13)8-2-4-10-6-11-8/h2-7H,1H3/q+1. The first-order valence-electron chi connectivity index (χ1n) is 3.94. The summed E-state index contributed by atoms with van der Waals surface area (Å²) in [4.78, 5) is 12.2. The Bertz CT molecular complexity index is 382. The van der Waals surface area contributed by atoms with Crippen molar-refractivity contribution >= 4 is 0 Å². The Labute approximate surface area is 75.9 Å². The molecule has 0 aromatic carbocycles. The molecule has 2 rings (SSSR count). The maximum absolute atomic E-state index is 4.22. The van der Waals surface area contributed by atoms with E-state index in [-0.39, 0.29) is 0 Å². The molecule has 0 aliphatic carbocycles. The van der Waals surface area contributed by atoms with Crippen molar-refractivity contribution in [1.82, 2.24) is 15.0 Å². The lowest BCUT2D eigenvalue weighted by molar-refractivity contribution is -0.674. The van der Waals surface area contributed by atoms with E-state index in [9.17, 15) is 0 Å². The minimum absolute atomic E-state index is 0.843. The van der Waals surface area contributed by atoms with Crippen LogP contribution in [0.4, 0.5) is 0 Å². The molecule has 4 nitrogen and oxygen atoms in total. The summed E-state index contributed by atoms with van der Waals surface area (Å²) < 4.78 is 1.88. The molecule has 0 saturated carbocycles. The molecule has 4 heteroatoms. The zero-order chi connectivity index (χ0) is 9.10. The number of hydrogen-bond donors (Lipinski definition) is 0. The molecule has 13 heavy (non-hydrogen) atoms. The molecule has 0 spiro atoms. The van der Waals surface area contributed by atoms with Gasteiger partial charge in [-0.25, -0.2) is 14.5 Å². The van der Waals surface area contributed by atoms with Gasteiger partial charge in [0.15, 0.2) is 0 Å². The quantitative estimate of drug-likeness (QED) is 0.585. The third-order valence-electron chi connectivity index (χ3n) is 1.69. The van der Waals surface area contributed by atoms with E-state index >= 15 is 0 Å². The van der Waals surface area contributed by atoms with Crippen molar-refractivity contribution in [2.75, 3.05) is 0 Å². The average molecular weight is 173 g/mol. The highest BCUT2D eigenvalue weighted by Crippen LogP contribution is 2.08. The molecule has 0 amide bonds. The van der Waals surface area contributed by atoms with Crippen molar-refractivity contribution in [2.45, 2.75) is 0 Å². The highest BCUT2D eigenvalue weighted by Gasteiger charge is 2.04. The van der Waals surface area contributed by atoms with Crippen LogP contribution in [0, 0.1) is 0 Å². The number of hydrogen-bond acceptors (Lipinski definition) is 3. The third kappa shape index (κ3) is 1.66. The summed E-state index contributed by atoms with van der Waals surface area (Å²) in [6.07, 6.45) is 6.91. The fraction of sp³-hybridized carbons (Fsp3) is 0.111. The van der Waals surface area contributed by atoms with E-state index in [0.717, 1.165) is 11.4 Å². The maximum atomic E-state index is 4.22. The summed E-state index contributed by atoms with van der Waals surface area (Å²) in [5.74, 6) is 0. The summed E-state index contributed by atoms with van der Waals surface area (Å²) >= 11 is 0. The average Bonchev–Trinajstić information content (AvgIpc) is 2.20. The fourth-order valence-corrected chi connectivity index (χ4v) is 1.02. The van der Waals surface area contributed by atoms with E-state index in [2.05, 4.69) is 15.0 Å². The minimum atomic E-state index is 0.843. The van der Waals surface area contributed by atoms with Crippen LogP contribution in [-0.4, -0.2) is 15.0 Å². The molecule has 2 aromatic rings. The van der Waals surface area contributed by atoms with Crippen LogP contribution in [0.5, 0.6) is 0 Å². The number of rotatable bonds is 1.